The van der Waals surface area contributed by atoms with Gasteiger partial charge in [-0.05, 0) is 32.2 Å². The Hall–Kier alpha value is -0.170. The zero-order valence-electron chi connectivity index (χ0n) is 11.4. The van der Waals surface area contributed by atoms with Gasteiger partial charge in [-0.3, -0.25) is 0 Å². The van der Waals surface area contributed by atoms with Crippen LogP contribution >= 0.6 is 0 Å². The average Bonchev–Trinajstić information content (AvgIpc) is 2.29. The topological polar surface area (TPSA) is 61.4 Å². The maximum atomic E-state index is 11.9. The molecule has 1 heterocycles. The van der Waals surface area contributed by atoms with Crippen LogP contribution in [-0.4, -0.2) is 44.9 Å². The van der Waals surface area contributed by atoms with Crippen LogP contribution < -0.4 is 10.0 Å². The number of hydrogen-bond acceptors (Lipinski definition) is 3. The Kier molecular flexibility index (Phi) is 4.31. The summed E-state index contributed by atoms with van der Waals surface area (Å²) in [5, 5.41) is 3.63. The van der Waals surface area contributed by atoms with Gasteiger partial charge >= 0.3 is 0 Å². The molecule has 0 bridgehead atoms. The molecule has 1 saturated carbocycles. The van der Waals surface area contributed by atoms with Crippen molar-refractivity contribution in [2.75, 3.05) is 20.6 Å². The van der Waals surface area contributed by atoms with Gasteiger partial charge in [0.1, 0.15) is 0 Å². The fraction of sp³-hybridized carbons (Fsp3) is 1.00. The molecule has 0 amide bonds. The van der Waals surface area contributed by atoms with E-state index in [-0.39, 0.29) is 11.6 Å². The smallest absolute Gasteiger partial charge is 0.279 e. The van der Waals surface area contributed by atoms with Gasteiger partial charge in [-0.2, -0.15) is 17.4 Å². The molecule has 1 atom stereocenters. The highest BCUT2D eigenvalue weighted by atomic mass is 32.2. The molecule has 18 heavy (non-hydrogen) atoms. The normalized spacial score (nSPS) is 28.7. The van der Waals surface area contributed by atoms with Crippen LogP contribution in [0.2, 0.25) is 0 Å². The second-order valence-corrected chi connectivity index (χ2v) is 7.78. The fourth-order valence-electron chi connectivity index (χ4n) is 3.18. The lowest BCUT2D eigenvalue weighted by molar-refractivity contribution is 0.164. The molecule has 5 nitrogen and oxygen atoms in total. The minimum absolute atomic E-state index is 0.0803. The van der Waals surface area contributed by atoms with Crippen LogP contribution in [0.1, 0.15) is 44.9 Å². The molecule has 1 unspecified atom stereocenters. The van der Waals surface area contributed by atoms with Gasteiger partial charge in [0.15, 0.2) is 0 Å². The Labute approximate surface area is 110 Å². The molecule has 2 fully saturated rings. The van der Waals surface area contributed by atoms with Crippen LogP contribution in [0.15, 0.2) is 0 Å². The molecule has 1 aliphatic heterocycles. The van der Waals surface area contributed by atoms with E-state index in [1.807, 2.05) is 0 Å². The molecule has 0 aromatic carbocycles. The maximum absolute atomic E-state index is 11.9. The predicted molar refractivity (Wildman–Crippen MR) is 72.6 cm³/mol. The van der Waals surface area contributed by atoms with Gasteiger partial charge in [-0.25, -0.2) is 0 Å². The van der Waals surface area contributed by atoms with Gasteiger partial charge in [0.05, 0.1) is 0 Å². The van der Waals surface area contributed by atoms with Crippen molar-refractivity contribution in [1.29, 1.82) is 0 Å². The van der Waals surface area contributed by atoms with Gasteiger partial charge in [0.2, 0.25) is 0 Å². The summed E-state index contributed by atoms with van der Waals surface area (Å²) in [5.74, 6) is 0. The van der Waals surface area contributed by atoms with Crippen molar-refractivity contribution in [3.8, 4) is 0 Å². The summed E-state index contributed by atoms with van der Waals surface area (Å²) < 4.78 is 27.8. The lowest BCUT2D eigenvalue weighted by Crippen LogP contribution is -2.57. The van der Waals surface area contributed by atoms with E-state index >= 15 is 0 Å². The highest BCUT2D eigenvalue weighted by Gasteiger charge is 2.38. The first-order valence-electron chi connectivity index (χ1n) is 6.88. The molecule has 0 aromatic heterocycles. The summed E-state index contributed by atoms with van der Waals surface area (Å²) in [5.41, 5.74) is 0.190. The largest absolute Gasteiger partial charge is 0.311 e. The van der Waals surface area contributed by atoms with Crippen LogP contribution in [-0.2, 0) is 10.2 Å². The number of rotatable bonds is 3. The first-order chi connectivity index (χ1) is 8.44. The van der Waals surface area contributed by atoms with E-state index < -0.39 is 10.2 Å². The number of piperidine rings is 1. The molecule has 2 N–H and O–H groups in total. The third kappa shape index (κ3) is 3.23. The first kappa shape index (κ1) is 14.2. The SMILES string of the molecule is CN(C)S(=O)(=O)NC1CCNC2(CCCCC2)C1. The molecular weight excluding hydrogens is 250 g/mol. The number of hydrogen-bond donors (Lipinski definition) is 2. The van der Waals surface area contributed by atoms with Crippen LogP contribution in [0.5, 0.6) is 0 Å². The minimum atomic E-state index is -3.30. The molecule has 2 rings (SSSR count). The first-order valence-corrected chi connectivity index (χ1v) is 8.32. The summed E-state index contributed by atoms with van der Waals surface area (Å²) in [7, 11) is -0.159. The summed E-state index contributed by atoms with van der Waals surface area (Å²) in [4.78, 5) is 0. The Morgan fingerprint density at radius 1 is 1.22 bits per heavy atom. The Bertz CT molecular complexity index is 369. The van der Waals surface area contributed by atoms with E-state index in [0.29, 0.717) is 0 Å². The van der Waals surface area contributed by atoms with Gasteiger partial charge in [0, 0.05) is 25.7 Å². The quantitative estimate of drug-likeness (QED) is 0.802. The van der Waals surface area contributed by atoms with Crippen molar-refractivity contribution in [3.63, 3.8) is 0 Å². The summed E-state index contributed by atoms with van der Waals surface area (Å²) >= 11 is 0. The second kappa shape index (κ2) is 5.45. The third-order valence-electron chi connectivity index (χ3n) is 4.24. The minimum Gasteiger partial charge on any atom is -0.311 e. The molecule has 6 heteroatoms. The molecule has 0 radical (unpaired) electrons. The number of nitrogens with one attached hydrogen (secondary N) is 2. The fourth-order valence-corrected chi connectivity index (χ4v) is 4.02. The van der Waals surface area contributed by atoms with E-state index in [0.717, 1.165) is 19.4 Å². The van der Waals surface area contributed by atoms with Crippen molar-refractivity contribution >= 4 is 10.2 Å². The van der Waals surface area contributed by atoms with Crippen molar-refractivity contribution in [2.24, 2.45) is 0 Å². The average molecular weight is 275 g/mol. The monoisotopic (exact) mass is 275 g/mol. The van der Waals surface area contributed by atoms with Crippen molar-refractivity contribution < 1.29 is 8.42 Å². The molecule has 1 spiro atoms. The Morgan fingerprint density at radius 3 is 2.50 bits per heavy atom. The highest BCUT2D eigenvalue weighted by Crippen LogP contribution is 2.34. The van der Waals surface area contributed by atoms with Crippen molar-refractivity contribution in [1.82, 2.24) is 14.3 Å². The van der Waals surface area contributed by atoms with Crippen molar-refractivity contribution in [3.05, 3.63) is 0 Å². The van der Waals surface area contributed by atoms with Crippen LogP contribution in [0.4, 0.5) is 0 Å². The molecule has 1 saturated heterocycles. The predicted octanol–water partition coefficient (Wildman–Crippen LogP) is 0.837. The van der Waals surface area contributed by atoms with E-state index in [2.05, 4.69) is 10.0 Å². The van der Waals surface area contributed by atoms with E-state index in [1.165, 1.54) is 36.4 Å². The molecular formula is C12H25N3O2S. The zero-order valence-corrected chi connectivity index (χ0v) is 12.2. The van der Waals surface area contributed by atoms with Crippen LogP contribution in [0.3, 0.4) is 0 Å². The van der Waals surface area contributed by atoms with Gasteiger partial charge in [0.25, 0.3) is 10.2 Å². The second-order valence-electron chi connectivity index (χ2n) is 5.86. The maximum Gasteiger partial charge on any atom is 0.279 e. The van der Waals surface area contributed by atoms with Gasteiger partial charge in [-0.1, -0.05) is 19.3 Å². The third-order valence-corrected chi connectivity index (χ3v) is 5.83. The Balaban J connectivity index is 1.98. The molecule has 106 valence electrons. The highest BCUT2D eigenvalue weighted by molar-refractivity contribution is 7.87. The summed E-state index contributed by atoms with van der Waals surface area (Å²) in [6, 6.07) is 0.0803. The Morgan fingerprint density at radius 2 is 1.89 bits per heavy atom. The van der Waals surface area contributed by atoms with Crippen molar-refractivity contribution in [2.45, 2.75) is 56.5 Å². The van der Waals surface area contributed by atoms with Crippen LogP contribution in [0, 0.1) is 0 Å². The zero-order chi connectivity index (χ0) is 13.2. The van der Waals surface area contributed by atoms with Gasteiger partial charge in [-0.15, -0.1) is 0 Å². The number of nitrogens with zero attached hydrogens (tertiary/aromatic N) is 1. The molecule has 1 aliphatic carbocycles. The van der Waals surface area contributed by atoms with E-state index in [9.17, 15) is 8.42 Å². The summed E-state index contributed by atoms with van der Waals surface area (Å²) in [6.07, 6.45) is 8.03. The van der Waals surface area contributed by atoms with Gasteiger partial charge < -0.3 is 5.32 Å². The lowest BCUT2D eigenvalue weighted by Gasteiger charge is -2.44. The molecule has 0 aromatic rings. The van der Waals surface area contributed by atoms with Crippen LogP contribution in [0.25, 0.3) is 0 Å². The molecule has 2 aliphatic rings. The standard InChI is InChI=1S/C12H25N3O2S/c1-15(2)18(16,17)14-11-6-9-13-12(10-11)7-4-3-5-8-12/h11,13-14H,3-10H2,1-2H3. The van der Waals surface area contributed by atoms with E-state index in [1.54, 1.807) is 14.1 Å². The van der Waals surface area contributed by atoms with E-state index in [4.69, 9.17) is 0 Å². The summed E-state index contributed by atoms with van der Waals surface area (Å²) in [6.45, 7) is 0.917. The lowest BCUT2D eigenvalue weighted by atomic mass is 9.75.